The van der Waals surface area contributed by atoms with Gasteiger partial charge in [0.1, 0.15) is 5.69 Å². The number of aromatic amines is 1. The van der Waals surface area contributed by atoms with Crippen LogP contribution >= 0.6 is 0 Å². The van der Waals surface area contributed by atoms with Gasteiger partial charge in [0, 0.05) is 44.0 Å². The van der Waals surface area contributed by atoms with Crippen molar-refractivity contribution in [1.82, 2.24) is 19.7 Å². The zero-order valence-corrected chi connectivity index (χ0v) is 14.3. The highest BCUT2D eigenvalue weighted by Crippen LogP contribution is 2.19. The number of carbonyl (C=O) groups is 1. The molecule has 0 spiro atoms. The number of ether oxygens (including phenoxy) is 1. The maximum absolute atomic E-state index is 12.7. The van der Waals surface area contributed by atoms with Gasteiger partial charge in [0.15, 0.2) is 0 Å². The van der Waals surface area contributed by atoms with Crippen molar-refractivity contribution in [2.75, 3.05) is 26.3 Å². The van der Waals surface area contributed by atoms with E-state index in [4.69, 9.17) is 4.74 Å². The molecule has 1 fully saturated rings. The van der Waals surface area contributed by atoms with Crippen LogP contribution in [-0.4, -0.2) is 51.9 Å². The summed E-state index contributed by atoms with van der Waals surface area (Å²) < 4.78 is 7.41. The molecule has 1 atom stereocenters. The molecule has 1 aromatic carbocycles. The lowest BCUT2D eigenvalue weighted by Gasteiger charge is -2.23. The summed E-state index contributed by atoms with van der Waals surface area (Å²) in [6.45, 7) is 2.56. The Labute approximate surface area is 146 Å². The maximum Gasteiger partial charge on any atom is 0.274 e. The standard InChI is InChI=1S/C19H22N4O2/c1-22-7-5-18(21-22)19(24)23-8-9-25-13-15(12-23)10-14-2-3-17-16(11-14)4-6-20-17/h2-7,11,15,20H,8-10,12-13H2,1H3/t15-/m1/s1. The number of hydrogen-bond acceptors (Lipinski definition) is 3. The average molecular weight is 338 g/mol. The summed E-state index contributed by atoms with van der Waals surface area (Å²) in [4.78, 5) is 17.8. The zero-order valence-electron chi connectivity index (χ0n) is 14.3. The molecule has 1 aliphatic rings. The Morgan fingerprint density at radius 2 is 2.28 bits per heavy atom. The van der Waals surface area contributed by atoms with Crippen molar-refractivity contribution < 1.29 is 9.53 Å². The number of aryl methyl sites for hydroxylation is 1. The minimum Gasteiger partial charge on any atom is -0.379 e. The molecule has 1 N–H and O–H groups in total. The van der Waals surface area contributed by atoms with Crippen LogP contribution in [0.15, 0.2) is 42.7 Å². The highest BCUT2D eigenvalue weighted by Gasteiger charge is 2.25. The molecular weight excluding hydrogens is 316 g/mol. The van der Waals surface area contributed by atoms with Gasteiger partial charge >= 0.3 is 0 Å². The van der Waals surface area contributed by atoms with Gasteiger partial charge < -0.3 is 14.6 Å². The third-order valence-electron chi connectivity index (χ3n) is 4.70. The van der Waals surface area contributed by atoms with Gasteiger partial charge in [0.05, 0.1) is 13.2 Å². The third-order valence-corrected chi connectivity index (χ3v) is 4.70. The molecule has 0 aliphatic carbocycles. The summed E-state index contributed by atoms with van der Waals surface area (Å²) in [7, 11) is 1.82. The van der Waals surface area contributed by atoms with E-state index in [0.717, 1.165) is 11.9 Å². The predicted molar refractivity (Wildman–Crippen MR) is 95.4 cm³/mol. The highest BCUT2D eigenvalue weighted by molar-refractivity contribution is 5.92. The number of H-pyrrole nitrogens is 1. The first-order valence-electron chi connectivity index (χ1n) is 8.62. The Hall–Kier alpha value is -2.60. The van der Waals surface area contributed by atoms with Crippen molar-refractivity contribution in [2.45, 2.75) is 6.42 Å². The van der Waals surface area contributed by atoms with Crippen LogP contribution in [0.2, 0.25) is 0 Å². The molecule has 0 unspecified atom stereocenters. The third kappa shape index (κ3) is 3.44. The van der Waals surface area contributed by atoms with E-state index in [9.17, 15) is 4.79 Å². The monoisotopic (exact) mass is 338 g/mol. The van der Waals surface area contributed by atoms with Gasteiger partial charge in [-0.15, -0.1) is 0 Å². The van der Waals surface area contributed by atoms with E-state index in [2.05, 4.69) is 34.3 Å². The number of nitrogens with zero attached hydrogens (tertiary/aromatic N) is 3. The van der Waals surface area contributed by atoms with Crippen molar-refractivity contribution in [3.05, 3.63) is 54.0 Å². The van der Waals surface area contributed by atoms with Crippen molar-refractivity contribution >= 4 is 16.8 Å². The number of nitrogens with one attached hydrogen (secondary N) is 1. The van der Waals surface area contributed by atoms with Crippen LogP contribution in [0.5, 0.6) is 0 Å². The molecule has 1 aliphatic heterocycles. The van der Waals surface area contributed by atoms with Crippen molar-refractivity contribution in [2.24, 2.45) is 13.0 Å². The largest absolute Gasteiger partial charge is 0.379 e. The average Bonchev–Trinajstić information content (AvgIpc) is 3.18. The van der Waals surface area contributed by atoms with Gasteiger partial charge in [-0.05, 0) is 41.6 Å². The van der Waals surface area contributed by atoms with Gasteiger partial charge in [-0.2, -0.15) is 5.10 Å². The molecule has 0 saturated carbocycles. The van der Waals surface area contributed by atoms with E-state index in [1.807, 2.05) is 18.1 Å². The smallest absolute Gasteiger partial charge is 0.274 e. The molecular formula is C19H22N4O2. The number of amides is 1. The quantitative estimate of drug-likeness (QED) is 0.796. The van der Waals surface area contributed by atoms with Gasteiger partial charge in [0.2, 0.25) is 0 Å². The van der Waals surface area contributed by atoms with Crippen LogP contribution in [0.3, 0.4) is 0 Å². The maximum atomic E-state index is 12.7. The summed E-state index contributed by atoms with van der Waals surface area (Å²) >= 11 is 0. The molecule has 6 nitrogen and oxygen atoms in total. The molecule has 130 valence electrons. The molecule has 6 heteroatoms. The Bertz CT molecular complexity index is 882. The Balaban J connectivity index is 1.48. The first kappa shape index (κ1) is 15.9. The van der Waals surface area contributed by atoms with Gasteiger partial charge in [0.25, 0.3) is 5.91 Å². The summed E-state index contributed by atoms with van der Waals surface area (Å²) in [6, 6.07) is 10.3. The number of rotatable bonds is 3. The minimum absolute atomic E-state index is 0.0165. The highest BCUT2D eigenvalue weighted by atomic mass is 16.5. The fourth-order valence-corrected chi connectivity index (χ4v) is 3.44. The van der Waals surface area contributed by atoms with Crippen LogP contribution in [0.1, 0.15) is 16.1 Å². The van der Waals surface area contributed by atoms with Gasteiger partial charge in [-0.1, -0.05) is 6.07 Å². The van der Waals surface area contributed by atoms with Gasteiger partial charge in [-0.25, -0.2) is 0 Å². The predicted octanol–water partition coefficient (Wildman–Crippen LogP) is 2.23. The van der Waals surface area contributed by atoms with Gasteiger partial charge in [-0.3, -0.25) is 9.48 Å². The molecule has 1 amide bonds. The Morgan fingerprint density at radius 1 is 1.36 bits per heavy atom. The fraction of sp³-hybridized carbons (Fsp3) is 0.368. The summed E-state index contributed by atoms with van der Waals surface area (Å²) in [5, 5.41) is 5.45. The molecule has 0 bridgehead atoms. The van der Waals surface area contributed by atoms with Crippen LogP contribution in [0, 0.1) is 5.92 Å². The molecule has 3 aromatic rings. The first-order valence-corrected chi connectivity index (χ1v) is 8.62. The van der Waals surface area contributed by atoms with E-state index < -0.39 is 0 Å². The molecule has 3 heterocycles. The number of hydrogen-bond donors (Lipinski definition) is 1. The minimum atomic E-state index is -0.0165. The molecule has 2 aromatic heterocycles. The van der Waals surface area contributed by atoms with E-state index in [-0.39, 0.29) is 11.8 Å². The second kappa shape index (κ2) is 6.72. The van der Waals surface area contributed by atoms with Crippen LogP contribution in [-0.2, 0) is 18.2 Å². The van der Waals surface area contributed by atoms with E-state index >= 15 is 0 Å². The van der Waals surface area contributed by atoms with E-state index in [1.54, 1.807) is 16.9 Å². The van der Waals surface area contributed by atoms with Crippen molar-refractivity contribution in [3.63, 3.8) is 0 Å². The van der Waals surface area contributed by atoms with Crippen LogP contribution < -0.4 is 0 Å². The molecule has 1 saturated heterocycles. The topological polar surface area (TPSA) is 63.1 Å². The summed E-state index contributed by atoms with van der Waals surface area (Å²) in [5.74, 6) is 0.267. The fourth-order valence-electron chi connectivity index (χ4n) is 3.44. The lowest BCUT2D eigenvalue weighted by molar-refractivity contribution is 0.0730. The lowest BCUT2D eigenvalue weighted by atomic mass is 9.98. The normalized spacial score (nSPS) is 18.4. The van der Waals surface area contributed by atoms with E-state index in [0.29, 0.717) is 32.0 Å². The van der Waals surface area contributed by atoms with Crippen LogP contribution in [0.4, 0.5) is 0 Å². The van der Waals surface area contributed by atoms with Crippen LogP contribution in [0.25, 0.3) is 10.9 Å². The first-order chi connectivity index (χ1) is 12.2. The second-order valence-electron chi connectivity index (χ2n) is 6.67. The molecule has 4 rings (SSSR count). The Kier molecular flexibility index (Phi) is 4.28. The van der Waals surface area contributed by atoms with E-state index in [1.165, 1.54) is 10.9 Å². The number of benzene rings is 1. The summed E-state index contributed by atoms with van der Waals surface area (Å²) in [5.41, 5.74) is 2.91. The number of fused-ring (bicyclic) bond motifs is 1. The number of aromatic nitrogens is 3. The van der Waals surface area contributed by atoms with Crippen molar-refractivity contribution in [1.29, 1.82) is 0 Å². The lowest BCUT2D eigenvalue weighted by Crippen LogP contribution is -2.36. The zero-order chi connectivity index (χ0) is 17.2. The SMILES string of the molecule is Cn1ccc(C(=O)N2CCOC[C@H](Cc3ccc4[nH]ccc4c3)C2)n1. The summed E-state index contributed by atoms with van der Waals surface area (Å²) in [6.07, 6.45) is 4.65. The molecule has 0 radical (unpaired) electrons. The number of carbonyl (C=O) groups excluding carboxylic acids is 1. The second-order valence-corrected chi connectivity index (χ2v) is 6.67. The van der Waals surface area contributed by atoms with Crippen molar-refractivity contribution in [3.8, 4) is 0 Å². The molecule has 25 heavy (non-hydrogen) atoms. The Morgan fingerprint density at radius 3 is 3.12 bits per heavy atom.